The van der Waals surface area contributed by atoms with E-state index in [1.165, 1.54) is 12.1 Å². The summed E-state index contributed by atoms with van der Waals surface area (Å²) in [6.45, 7) is 0. The molecule has 0 aromatic heterocycles. The second-order valence-corrected chi connectivity index (χ2v) is 3.80. The van der Waals surface area contributed by atoms with E-state index in [4.69, 9.17) is 15.7 Å². The Kier molecular flexibility index (Phi) is 2.94. The Balaban J connectivity index is 2.15. The lowest BCUT2D eigenvalue weighted by atomic mass is 9.96. The summed E-state index contributed by atoms with van der Waals surface area (Å²) in [5.41, 5.74) is 5.68. The lowest BCUT2D eigenvalue weighted by molar-refractivity contribution is 0.115. The summed E-state index contributed by atoms with van der Waals surface area (Å²) in [5.74, 6) is -0.385. The van der Waals surface area contributed by atoms with Gasteiger partial charge in [-0.1, -0.05) is 5.16 Å². The molecule has 1 fully saturated rings. The molecule has 1 aromatic rings. The van der Waals surface area contributed by atoms with Gasteiger partial charge >= 0.3 is 0 Å². The number of hydrogen-bond acceptors (Lipinski definition) is 3. The first-order valence-corrected chi connectivity index (χ1v) is 5.15. The van der Waals surface area contributed by atoms with E-state index in [2.05, 4.69) is 5.16 Å². The Bertz CT molecular complexity index is 416. The third-order valence-corrected chi connectivity index (χ3v) is 2.68. The molecular formula is C11H13FN2O2. The highest BCUT2D eigenvalue weighted by molar-refractivity contribution is 5.97. The quantitative estimate of drug-likeness (QED) is 0.356. The molecule has 16 heavy (non-hydrogen) atoms. The van der Waals surface area contributed by atoms with Crippen LogP contribution in [0.2, 0.25) is 0 Å². The number of hydrogen-bond donors (Lipinski definition) is 2. The van der Waals surface area contributed by atoms with Crippen LogP contribution in [0.5, 0.6) is 5.75 Å². The average molecular weight is 224 g/mol. The van der Waals surface area contributed by atoms with Crippen LogP contribution in [-0.4, -0.2) is 17.1 Å². The minimum atomic E-state index is -0.490. The first-order chi connectivity index (χ1) is 7.70. The van der Waals surface area contributed by atoms with Gasteiger partial charge in [-0.05, 0) is 37.5 Å². The molecule has 0 radical (unpaired) electrons. The summed E-state index contributed by atoms with van der Waals surface area (Å²) in [6.07, 6.45) is 3.21. The second-order valence-electron chi connectivity index (χ2n) is 3.80. The van der Waals surface area contributed by atoms with Crippen molar-refractivity contribution < 1.29 is 14.3 Å². The van der Waals surface area contributed by atoms with Crippen LogP contribution in [0.1, 0.15) is 24.8 Å². The molecular weight excluding hydrogens is 211 g/mol. The predicted octanol–water partition coefficient (Wildman–Crippen LogP) is 1.85. The van der Waals surface area contributed by atoms with Crippen molar-refractivity contribution >= 4 is 5.84 Å². The maximum atomic E-state index is 13.6. The number of amidine groups is 1. The van der Waals surface area contributed by atoms with Crippen LogP contribution < -0.4 is 10.5 Å². The van der Waals surface area contributed by atoms with Crippen LogP contribution in [0.25, 0.3) is 0 Å². The number of nitrogens with two attached hydrogens (primary N) is 1. The van der Waals surface area contributed by atoms with E-state index >= 15 is 0 Å². The molecule has 3 N–H and O–H groups in total. The maximum Gasteiger partial charge on any atom is 0.170 e. The van der Waals surface area contributed by atoms with Crippen molar-refractivity contribution in [3.63, 3.8) is 0 Å². The second kappa shape index (κ2) is 4.38. The molecule has 1 saturated carbocycles. The molecule has 0 atom stereocenters. The third kappa shape index (κ3) is 2.08. The van der Waals surface area contributed by atoms with Crippen molar-refractivity contribution in [2.24, 2.45) is 10.9 Å². The van der Waals surface area contributed by atoms with Crippen LogP contribution in [0, 0.1) is 5.82 Å². The Morgan fingerprint density at radius 1 is 1.50 bits per heavy atom. The van der Waals surface area contributed by atoms with Gasteiger partial charge in [0.1, 0.15) is 0 Å². The van der Waals surface area contributed by atoms with Gasteiger partial charge < -0.3 is 15.7 Å². The van der Waals surface area contributed by atoms with Crippen LogP contribution >= 0.6 is 0 Å². The smallest absolute Gasteiger partial charge is 0.170 e. The van der Waals surface area contributed by atoms with Gasteiger partial charge in [-0.2, -0.15) is 0 Å². The summed E-state index contributed by atoms with van der Waals surface area (Å²) in [7, 11) is 0. The largest absolute Gasteiger partial charge is 0.487 e. The van der Waals surface area contributed by atoms with Gasteiger partial charge in [0, 0.05) is 5.56 Å². The fraction of sp³-hybridized carbons (Fsp3) is 0.364. The van der Waals surface area contributed by atoms with Crippen molar-refractivity contribution in [2.75, 3.05) is 0 Å². The molecule has 1 aromatic carbocycles. The monoisotopic (exact) mass is 224 g/mol. The highest BCUT2D eigenvalue weighted by atomic mass is 19.1. The van der Waals surface area contributed by atoms with Crippen molar-refractivity contribution in [1.82, 2.24) is 0 Å². The average Bonchev–Trinajstić information content (AvgIpc) is 2.23. The molecule has 0 heterocycles. The summed E-state index contributed by atoms with van der Waals surface area (Å²) < 4.78 is 19.0. The molecule has 2 rings (SSSR count). The number of ether oxygens (including phenoxy) is 1. The lowest BCUT2D eigenvalue weighted by Gasteiger charge is -2.26. The standard InChI is InChI=1S/C11H13FN2O2/c12-9-6-7(11(13)14-15)4-5-10(9)16-8-2-1-3-8/h4-6,8,15H,1-3H2,(H2,13,14). The topological polar surface area (TPSA) is 67.8 Å². The van der Waals surface area contributed by atoms with E-state index in [1.54, 1.807) is 6.07 Å². The van der Waals surface area contributed by atoms with E-state index < -0.39 is 5.82 Å². The summed E-state index contributed by atoms with van der Waals surface area (Å²) in [6, 6.07) is 4.26. The van der Waals surface area contributed by atoms with Crippen molar-refractivity contribution in [1.29, 1.82) is 0 Å². The normalized spacial score (nSPS) is 16.9. The van der Waals surface area contributed by atoms with Gasteiger partial charge in [-0.15, -0.1) is 0 Å². The van der Waals surface area contributed by atoms with E-state index in [-0.39, 0.29) is 17.7 Å². The lowest BCUT2D eigenvalue weighted by Crippen LogP contribution is -2.25. The first kappa shape index (κ1) is 10.7. The molecule has 5 heteroatoms. The molecule has 4 nitrogen and oxygen atoms in total. The number of oxime groups is 1. The zero-order valence-corrected chi connectivity index (χ0v) is 8.69. The number of rotatable bonds is 3. The fourth-order valence-electron chi connectivity index (χ4n) is 1.48. The maximum absolute atomic E-state index is 13.6. The summed E-state index contributed by atoms with van der Waals surface area (Å²) >= 11 is 0. The Labute approximate surface area is 92.5 Å². The Hall–Kier alpha value is -1.78. The van der Waals surface area contributed by atoms with E-state index in [1.807, 2.05) is 0 Å². The molecule has 0 unspecified atom stereocenters. The van der Waals surface area contributed by atoms with Crippen LogP contribution in [-0.2, 0) is 0 Å². The summed E-state index contributed by atoms with van der Waals surface area (Å²) in [5, 5.41) is 11.3. The van der Waals surface area contributed by atoms with Crippen molar-refractivity contribution in [2.45, 2.75) is 25.4 Å². The van der Waals surface area contributed by atoms with Crippen LogP contribution in [0.3, 0.4) is 0 Å². The van der Waals surface area contributed by atoms with E-state index in [9.17, 15) is 4.39 Å². The molecule has 0 aliphatic heterocycles. The minimum absolute atomic E-state index is 0.117. The number of nitrogens with zero attached hydrogens (tertiary/aromatic N) is 1. The van der Waals surface area contributed by atoms with Crippen LogP contribution in [0.4, 0.5) is 4.39 Å². The molecule has 0 amide bonds. The molecule has 0 spiro atoms. The number of benzene rings is 1. The van der Waals surface area contributed by atoms with E-state index in [0.717, 1.165) is 19.3 Å². The van der Waals surface area contributed by atoms with E-state index in [0.29, 0.717) is 5.56 Å². The molecule has 86 valence electrons. The van der Waals surface area contributed by atoms with Crippen LogP contribution in [0.15, 0.2) is 23.4 Å². The molecule has 1 aliphatic carbocycles. The highest BCUT2D eigenvalue weighted by Gasteiger charge is 2.20. The van der Waals surface area contributed by atoms with Gasteiger partial charge in [-0.25, -0.2) is 4.39 Å². The van der Waals surface area contributed by atoms with Gasteiger partial charge in [0.15, 0.2) is 17.4 Å². The Morgan fingerprint density at radius 3 is 2.75 bits per heavy atom. The van der Waals surface area contributed by atoms with Gasteiger partial charge in [0.25, 0.3) is 0 Å². The fourth-order valence-corrected chi connectivity index (χ4v) is 1.48. The molecule has 0 bridgehead atoms. The minimum Gasteiger partial charge on any atom is -0.487 e. The zero-order valence-electron chi connectivity index (χ0n) is 8.69. The molecule has 1 aliphatic rings. The van der Waals surface area contributed by atoms with Gasteiger partial charge in [0.05, 0.1) is 6.10 Å². The first-order valence-electron chi connectivity index (χ1n) is 5.15. The summed E-state index contributed by atoms with van der Waals surface area (Å²) in [4.78, 5) is 0. The Morgan fingerprint density at radius 2 is 2.25 bits per heavy atom. The SMILES string of the molecule is NC(=NO)c1ccc(OC2CCC2)c(F)c1. The zero-order chi connectivity index (χ0) is 11.5. The van der Waals surface area contributed by atoms with Gasteiger partial charge in [0.2, 0.25) is 0 Å². The highest BCUT2D eigenvalue weighted by Crippen LogP contribution is 2.27. The third-order valence-electron chi connectivity index (χ3n) is 2.68. The molecule has 0 saturated heterocycles. The van der Waals surface area contributed by atoms with Crippen molar-refractivity contribution in [3.05, 3.63) is 29.6 Å². The van der Waals surface area contributed by atoms with Gasteiger partial charge in [-0.3, -0.25) is 0 Å². The number of halogens is 1. The predicted molar refractivity (Wildman–Crippen MR) is 57.2 cm³/mol. The van der Waals surface area contributed by atoms with Crippen molar-refractivity contribution in [3.8, 4) is 5.75 Å².